The summed E-state index contributed by atoms with van der Waals surface area (Å²) in [6.07, 6.45) is 1.07. The molecule has 94 valence electrons. The van der Waals surface area contributed by atoms with Gasteiger partial charge in [0.1, 0.15) is 5.84 Å². The molecule has 0 saturated heterocycles. The minimum atomic E-state index is 0.0841. The lowest BCUT2D eigenvalue weighted by molar-refractivity contribution is 0.471. The predicted octanol–water partition coefficient (Wildman–Crippen LogP) is 3.36. The van der Waals surface area contributed by atoms with E-state index < -0.39 is 0 Å². The summed E-state index contributed by atoms with van der Waals surface area (Å²) in [5.41, 5.74) is 7.45. The molecule has 0 amide bonds. The number of amidine groups is 1. The van der Waals surface area contributed by atoms with E-state index in [1.807, 2.05) is 18.2 Å². The van der Waals surface area contributed by atoms with E-state index in [-0.39, 0.29) is 11.4 Å². The molecule has 0 radical (unpaired) electrons. The molecule has 0 saturated carbocycles. The van der Waals surface area contributed by atoms with Crippen LogP contribution in [-0.2, 0) is 0 Å². The number of nitrogen functional groups attached to an aromatic ring is 1. The summed E-state index contributed by atoms with van der Waals surface area (Å²) >= 11 is 3.46. The molecule has 17 heavy (non-hydrogen) atoms. The number of halogens is 1. The summed E-state index contributed by atoms with van der Waals surface area (Å²) in [5, 5.41) is 7.45. The molecule has 0 aromatic heterocycles. The Morgan fingerprint density at radius 3 is 2.47 bits per heavy atom. The third-order valence-corrected chi connectivity index (χ3v) is 4.06. The largest absolute Gasteiger partial charge is 0.384 e. The number of hydrogen-bond donors (Lipinski definition) is 2. The van der Waals surface area contributed by atoms with Crippen molar-refractivity contribution in [1.82, 2.24) is 0 Å². The van der Waals surface area contributed by atoms with Gasteiger partial charge in [-0.1, -0.05) is 6.92 Å². The van der Waals surface area contributed by atoms with Crippen LogP contribution in [0.4, 0.5) is 5.69 Å². The van der Waals surface area contributed by atoms with E-state index in [0.717, 1.165) is 22.1 Å². The summed E-state index contributed by atoms with van der Waals surface area (Å²) in [6, 6.07) is 5.89. The summed E-state index contributed by atoms with van der Waals surface area (Å²) in [5.74, 6) is 0.0841. The quantitative estimate of drug-likeness (QED) is 0.661. The topological polar surface area (TPSA) is 53.1 Å². The average molecular weight is 298 g/mol. The molecule has 0 aliphatic carbocycles. The van der Waals surface area contributed by atoms with Gasteiger partial charge in [0.05, 0.1) is 0 Å². The highest BCUT2D eigenvalue weighted by Crippen LogP contribution is 2.28. The lowest BCUT2D eigenvalue weighted by Crippen LogP contribution is -2.40. The van der Waals surface area contributed by atoms with Crippen LogP contribution >= 0.6 is 15.9 Å². The van der Waals surface area contributed by atoms with Crippen molar-refractivity contribution in [2.45, 2.75) is 32.7 Å². The number of rotatable bonds is 4. The van der Waals surface area contributed by atoms with Gasteiger partial charge in [0.25, 0.3) is 0 Å². The molecule has 0 bridgehead atoms. The SMILES string of the molecule is CCC(C)(C)N(C)c1ccc(C(=N)N)c(Br)c1. The van der Waals surface area contributed by atoms with Gasteiger partial charge in [-0.15, -0.1) is 0 Å². The second-order valence-electron chi connectivity index (χ2n) is 4.80. The molecular formula is C13H20BrN3. The highest BCUT2D eigenvalue weighted by Gasteiger charge is 2.21. The zero-order valence-electron chi connectivity index (χ0n) is 10.8. The van der Waals surface area contributed by atoms with Crippen molar-refractivity contribution in [3.8, 4) is 0 Å². The Labute approximate surface area is 112 Å². The van der Waals surface area contributed by atoms with Crippen LogP contribution in [0.1, 0.15) is 32.8 Å². The van der Waals surface area contributed by atoms with Crippen molar-refractivity contribution in [3.63, 3.8) is 0 Å². The number of nitrogens with zero attached hydrogens (tertiary/aromatic N) is 1. The van der Waals surface area contributed by atoms with Crippen LogP contribution in [0.25, 0.3) is 0 Å². The minimum Gasteiger partial charge on any atom is -0.384 e. The van der Waals surface area contributed by atoms with Crippen LogP contribution in [0.5, 0.6) is 0 Å². The highest BCUT2D eigenvalue weighted by molar-refractivity contribution is 9.10. The first-order valence-corrected chi connectivity index (χ1v) is 6.46. The highest BCUT2D eigenvalue weighted by atomic mass is 79.9. The maximum Gasteiger partial charge on any atom is 0.123 e. The maximum absolute atomic E-state index is 7.45. The normalized spacial score (nSPS) is 11.4. The summed E-state index contributed by atoms with van der Waals surface area (Å²) in [6.45, 7) is 6.59. The van der Waals surface area contributed by atoms with Gasteiger partial charge in [0.15, 0.2) is 0 Å². The van der Waals surface area contributed by atoms with Crippen LogP contribution in [0.3, 0.4) is 0 Å². The fraction of sp³-hybridized carbons (Fsp3) is 0.462. The second-order valence-corrected chi connectivity index (χ2v) is 5.66. The van der Waals surface area contributed by atoms with Gasteiger partial charge in [-0.05, 0) is 54.4 Å². The molecule has 1 rings (SSSR count). The molecule has 0 spiro atoms. The van der Waals surface area contributed by atoms with Gasteiger partial charge in [-0.2, -0.15) is 0 Å². The molecule has 0 fully saturated rings. The molecular weight excluding hydrogens is 278 g/mol. The zero-order valence-corrected chi connectivity index (χ0v) is 12.4. The molecule has 3 N–H and O–H groups in total. The Hall–Kier alpha value is -1.03. The van der Waals surface area contributed by atoms with Crippen LogP contribution in [0.2, 0.25) is 0 Å². The van der Waals surface area contributed by atoms with Crippen LogP contribution < -0.4 is 10.6 Å². The van der Waals surface area contributed by atoms with E-state index >= 15 is 0 Å². The molecule has 0 atom stereocenters. The number of hydrogen-bond acceptors (Lipinski definition) is 2. The van der Waals surface area contributed by atoms with Crippen LogP contribution in [-0.4, -0.2) is 18.4 Å². The molecule has 1 aromatic carbocycles. The van der Waals surface area contributed by atoms with E-state index in [0.29, 0.717) is 0 Å². The Balaban J connectivity index is 3.10. The van der Waals surface area contributed by atoms with Gasteiger partial charge < -0.3 is 10.6 Å². The van der Waals surface area contributed by atoms with Crippen LogP contribution in [0, 0.1) is 5.41 Å². The Bertz CT molecular complexity index is 427. The Morgan fingerprint density at radius 1 is 1.47 bits per heavy atom. The lowest BCUT2D eigenvalue weighted by atomic mass is 9.99. The number of nitrogens with one attached hydrogen (secondary N) is 1. The fourth-order valence-corrected chi connectivity index (χ4v) is 2.10. The summed E-state index contributed by atoms with van der Waals surface area (Å²) in [7, 11) is 2.08. The molecule has 0 aliphatic rings. The van der Waals surface area contributed by atoms with Crippen molar-refractivity contribution in [2.75, 3.05) is 11.9 Å². The molecule has 0 unspecified atom stereocenters. The fourth-order valence-electron chi connectivity index (χ4n) is 1.52. The number of nitrogens with two attached hydrogens (primary N) is 1. The summed E-state index contributed by atoms with van der Waals surface area (Å²) < 4.78 is 0.862. The molecule has 0 aliphatic heterocycles. The molecule has 0 heterocycles. The first-order chi connectivity index (χ1) is 7.79. The third-order valence-electron chi connectivity index (χ3n) is 3.40. The first-order valence-electron chi connectivity index (χ1n) is 5.67. The lowest BCUT2D eigenvalue weighted by Gasteiger charge is -2.37. The van der Waals surface area contributed by atoms with Crippen LogP contribution in [0.15, 0.2) is 22.7 Å². The summed E-state index contributed by atoms with van der Waals surface area (Å²) in [4.78, 5) is 2.24. The molecule has 1 aromatic rings. The van der Waals surface area contributed by atoms with E-state index in [2.05, 4.69) is 48.6 Å². The maximum atomic E-state index is 7.45. The van der Waals surface area contributed by atoms with E-state index in [4.69, 9.17) is 11.1 Å². The van der Waals surface area contributed by atoms with Crippen molar-refractivity contribution in [2.24, 2.45) is 5.73 Å². The monoisotopic (exact) mass is 297 g/mol. The van der Waals surface area contributed by atoms with Crippen molar-refractivity contribution in [3.05, 3.63) is 28.2 Å². The van der Waals surface area contributed by atoms with Crippen molar-refractivity contribution in [1.29, 1.82) is 5.41 Å². The van der Waals surface area contributed by atoms with E-state index in [1.165, 1.54) is 0 Å². The Morgan fingerprint density at radius 2 is 2.06 bits per heavy atom. The minimum absolute atomic E-state index is 0.0841. The van der Waals surface area contributed by atoms with Crippen molar-refractivity contribution < 1.29 is 0 Å². The third kappa shape index (κ3) is 3.00. The number of benzene rings is 1. The zero-order chi connectivity index (χ0) is 13.2. The molecule has 4 heteroatoms. The van der Waals surface area contributed by atoms with Gasteiger partial charge >= 0.3 is 0 Å². The standard InChI is InChI=1S/C13H20BrN3/c1-5-13(2,3)17(4)9-6-7-10(12(15)16)11(14)8-9/h6-8H,5H2,1-4H3,(H3,15,16). The Kier molecular flexibility index (Phi) is 4.20. The van der Waals surface area contributed by atoms with Gasteiger partial charge in [0.2, 0.25) is 0 Å². The smallest absolute Gasteiger partial charge is 0.123 e. The first kappa shape index (κ1) is 14.0. The van der Waals surface area contributed by atoms with E-state index in [9.17, 15) is 0 Å². The van der Waals surface area contributed by atoms with Gasteiger partial charge in [0, 0.05) is 28.3 Å². The second kappa shape index (κ2) is 5.08. The van der Waals surface area contributed by atoms with E-state index in [1.54, 1.807) is 0 Å². The van der Waals surface area contributed by atoms with Gasteiger partial charge in [-0.3, -0.25) is 5.41 Å². The number of anilines is 1. The average Bonchev–Trinajstić information content (AvgIpc) is 2.27. The molecule has 3 nitrogen and oxygen atoms in total. The van der Waals surface area contributed by atoms with Crippen molar-refractivity contribution >= 4 is 27.5 Å². The van der Waals surface area contributed by atoms with Gasteiger partial charge in [-0.25, -0.2) is 0 Å². The predicted molar refractivity (Wildman–Crippen MR) is 77.9 cm³/mol.